The van der Waals surface area contributed by atoms with E-state index in [2.05, 4.69) is 10.2 Å². The highest BCUT2D eigenvalue weighted by Gasteiger charge is 2.22. The lowest BCUT2D eigenvalue weighted by atomic mass is 10.0. The number of rotatable bonds is 5. The van der Waals surface area contributed by atoms with Crippen molar-refractivity contribution in [2.45, 2.75) is 32.1 Å². The van der Waals surface area contributed by atoms with Gasteiger partial charge in [0.2, 0.25) is 0 Å². The summed E-state index contributed by atoms with van der Waals surface area (Å²) in [6.45, 7) is 2.03. The molecule has 2 N–H and O–H groups in total. The highest BCUT2D eigenvalue weighted by Crippen LogP contribution is 2.23. The van der Waals surface area contributed by atoms with E-state index in [9.17, 15) is 4.79 Å². The monoisotopic (exact) mass is 232 g/mol. The van der Waals surface area contributed by atoms with E-state index in [1.165, 1.54) is 11.3 Å². The number of carboxylic acids is 1. The van der Waals surface area contributed by atoms with Crippen LogP contribution in [0.2, 0.25) is 0 Å². The molecule has 0 fully saturated rings. The zero-order chi connectivity index (χ0) is 10.6. The zero-order valence-electron chi connectivity index (χ0n) is 7.82. The molecule has 0 saturated heterocycles. The Morgan fingerprint density at radius 3 is 2.93 bits per heavy atom. The molecule has 1 unspecified atom stereocenters. The van der Waals surface area contributed by atoms with E-state index in [-0.39, 0.29) is 0 Å². The van der Waals surface area contributed by atoms with Crippen molar-refractivity contribution in [2.75, 3.05) is 0 Å². The van der Waals surface area contributed by atoms with Crippen molar-refractivity contribution in [3.63, 3.8) is 0 Å². The molecular formula is C8H12N2O2S2. The molecule has 1 atom stereocenters. The van der Waals surface area contributed by atoms with E-state index in [4.69, 9.17) is 17.3 Å². The van der Waals surface area contributed by atoms with Crippen LogP contribution >= 0.6 is 23.6 Å². The normalized spacial score (nSPS) is 12.6. The van der Waals surface area contributed by atoms with Crippen molar-refractivity contribution >= 4 is 29.5 Å². The second-order valence-electron chi connectivity index (χ2n) is 2.98. The van der Waals surface area contributed by atoms with Gasteiger partial charge in [-0.05, 0) is 18.6 Å². The van der Waals surface area contributed by atoms with Crippen LogP contribution in [0, 0.1) is 3.95 Å². The Kier molecular flexibility index (Phi) is 4.21. The predicted octanol–water partition coefficient (Wildman–Crippen LogP) is 2.56. The first-order valence-corrected chi connectivity index (χ1v) is 5.65. The summed E-state index contributed by atoms with van der Waals surface area (Å²) in [5.41, 5.74) is 0. The zero-order valence-corrected chi connectivity index (χ0v) is 9.45. The average Bonchev–Trinajstić information content (AvgIpc) is 2.52. The molecule has 6 heteroatoms. The molecule has 0 radical (unpaired) electrons. The molecular weight excluding hydrogens is 220 g/mol. The van der Waals surface area contributed by atoms with E-state index >= 15 is 0 Å². The predicted molar refractivity (Wildman–Crippen MR) is 57.2 cm³/mol. The van der Waals surface area contributed by atoms with Crippen LogP contribution in [-0.4, -0.2) is 21.3 Å². The molecule has 0 aliphatic rings. The van der Waals surface area contributed by atoms with Crippen LogP contribution in [-0.2, 0) is 4.79 Å². The van der Waals surface area contributed by atoms with Gasteiger partial charge in [-0.25, -0.2) is 0 Å². The second kappa shape index (κ2) is 5.21. The molecule has 0 amide bonds. The van der Waals surface area contributed by atoms with Gasteiger partial charge in [0.25, 0.3) is 0 Å². The molecule has 0 saturated carbocycles. The molecule has 0 bridgehead atoms. The first-order valence-electron chi connectivity index (χ1n) is 4.43. The van der Waals surface area contributed by atoms with Crippen molar-refractivity contribution in [2.24, 2.45) is 0 Å². The van der Waals surface area contributed by atoms with Gasteiger partial charge in [0, 0.05) is 0 Å². The van der Waals surface area contributed by atoms with Crippen molar-refractivity contribution in [3.05, 3.63) is 8.96 Å². The summed E-state index contributed by atoms with van der Waals surface area (Å²) >= 11 is 6.10. The molecule has 1 aromatic rings. The maximum atomic E-state index is 10.9. The lowest BCUT2D eigenvalue weighted by molar-refractivity contribution is -0.139. The summed E-state index contributed by atoms with van der Waals surface area (Å²) in [6.07, 6.45) is 2.50. The number of aromatic amines is 1. The molecule has 1 rings (SSSR count). The van der Waals surface area contributed by atoms with Gasteiger partial charge in [-0.15, -0.1) is 0 Å². The third-order valence-corrected chi connectivity index (χ3v) is 3.10. The number of aromatic nitrogens is 2. The Morgan fingerprint density at radius 1 is 1.79 bits per heavy atom. The maximum absolute atomic E-state index is 10.9. The summed E-state index contributed by atoms with van der Waals surface area (Å²) < 4.78 is 0.530. The van der Waals surface area contributed by atoms with Gasteiger partial charge in [0.1, 0.15) is 10.9 Å². The van der Waals surface area contributed by atoms with E-state index in [1.54, 1.807) is 0 Å². The Hall–Kier alpha value is -0.750. The summed E-state index contributed by atoms with van der Waals surface area (Å²) in [7, 11) is 0. The number of unbranched alkanes of at least 4 members (excludes halogenated alkanes) is 1. The van der Waals surface area contributed by atoms with Gasteiger partial charge in [0.15, 0.2) is 3.95 Å². The smallest absolute Gasteiger partial charge is 0.313 e. The standard InChI is InChI=1S/C8H12N2O2S2/c1-2-3-4-5(7(11)12)6-9-10-8(13)14-6/h5H,2-4H2,1H3,(H,10,13)(H,11,12). The fourth-order valence-electron chi connectivity index (χ4n) is 1.15. The van der Waals surface area contributed by atoms with Crippen molar-refractivity contribution in [1.82, 2.24) is 10.2 Å². The minimum absolute atomic E-state index is 0.507. The van der Waals surface area contributed by atoms with Crippen LogP contribution in [0.1, 0.15) is 37.1 Å². The van der Waals surface area contributed by atoms with Gasteiger partial charge in [-0.2, -0.15) is 5.10 Å². The summed E-state index contributed by atoms with van der Waals surface area (Å²) in [6, 6.07) is 0. The minimum Gasteiger partial charge on any atom is -0.481 e. The molecule has 0 aliphatic heterocycles. The summed E-state index contributed by atoms with van der Waals surface area (Å²) in [5.74, 6) is -1.33. The van der Waals surface area contributed by atoms with E-state index < -0.39 is 11.9 Å². The largest absolute Gasteiger partial charge is 0.481 e. The van der Waals surface area contributed by atoms with Gasteiger partial charge in [-0.3, -0.25) is 9.89 Å². The maximum Gasteiger partial charge on any atom is 0.313 e. The van der Waals surface area contributed by atoms with Gasteiger partial charge < -0.3 is 5.11 Å². The number of carbonyl (C=O) groups is 1. The average molecular weight is 232 g/mol. The van der Waals surface area contributed by atoms with Crippen LogP contribution in [0.25, 0.3) is 0 Å². The first kappa shape index (κ1) is 11.3. The second-order valence-corrected chi connectivity index (χ2v) is 4.68. The molecule has 1 aromatic heterocycles. The fraction of sp³-hybridized carbons (Fsp3) is 0.625. The number of H-pyrrole nitrogens is 1. The fourth-order valence-corrected chi connectivity index (χ4v) is 2.19. The van der Waals surface area contributed by atoms with Crippen LogP contribution in [0.5, 0.6) is 0 Å². The van der Waals surface area contributed by atoms with E-state index in [0.29, 0.717) is 15.4 Å². The van der Waals surface area contributed by atoms with E-state index in [0.717, 1.165) is 12.8 Å². The quantitative estimate of drug-likeness (QED) is 0.766. The van der Waals surface area contributed by atoms with Crippen molar-refractivity contribution in [3.8, 4) is 0 Å². The van der Waals surface area contributed by atoms with Gasteiger partial charge in [0.05, 0.1) is 0 Å². The van der Waals surface area contributed by atoms with Crippen molar-refractivity contribution < 1.29 is 9.90 Å². The molecule has 78 valence electrons. The van der Waals surface area contributed by atoms with Crippen LogP contribution in [0.3, 0.4) is 0 Å². The highest BCUT2D eigenvalue weighted by atomic mass is 32.1. The van der Waals surface area contributed by atoms with Crippen LogP contribution in [0.15, 0.2) is 0 Å². The molecule has 0 spiro atoms. The summed E-state index contributed by atoms with van der Waals surface area (Å²) in [4.78, 5) is 10.9. The van der Waals surface area contributed by atoms with Crippen molar-refractivity contribution in [1.29, 1.82) is 0 Å². The van der Waals surface area contributed by atoms with Crippen LogP contribution in [0.4, 0.5) is 0 Å². The Bertz CT molecular complexity index is 358. The number of hydrogen-bond acceptors (Lipinski definition) is 4. The SMILES string of the molecule is CCCCC(C(=O)O)c1n[nH]c(=S)s1. The first-order chi connectivity index (χ1) is 6.65. The number of nitrogens with one attached hydrogen (secondary N) is 1. The van der Waals surface area contributed by atoms with Crippen LogP contribution < -0.4 is 0 Å². The Morgan fingerprint density at radius 2 is 2.50 bits per heavy atom. The van der Waals surface area contributed by atoms with E-state index in [1.807, 2.05) is 6.92 Å². The number of nitrogens with zero attached hydrogens (tertiary/aromatic N) is 1. The molecule has 1 heterocycles. The molecule has 0 aromatic carbocycles. The topological polar surface area (TPSA) is 66.0 Å². The van der Waals surface area contributed by atoms with Gasteiger partial charge in [-0.1, -0.05) is 31.1 Å². The van der Waals surface area contributed by atoms with Gasteiger partial charge >= 0.3 is 5.97 Å². The third kappa shape index (κ3) is 2.88. The number of hydrogen-bond donors (Lipinski definition) is 2. The Balaban J connectivity index is 2.77. The number of carboxylic acid groups (broad SMARTS) is 1. The summed E-state index contributed by atoms with van der Waals surface area (Å²) in [5, 5.41) is 16.1. The number of aliphatic carboxylic acids is 1. The third-order valence-electron chi connectivity index (χ3n) is 1.90. The lowest BCUT2D eigenvalue weighted by Crippen LogP contribution is -2.11. The molecule has 0 aliphatic carbocycles. The lowest BCUT2D eigenvalue weighted by Gasteiger charge is -2.06. The Labute approximate surface area is 91.0 Å². The minimum atomic E-state index is -0.823. The highest BCUT2D eigenvalue weighted by molar-refractivity contribution is 7.73. The molecule has 14 heavy (non-hydrogen) atoms. The molecule has 4 nitrogen and oxygen atoms in total.